The van der Waals surface area contributed by atoms with Crippen molar-refractivity contribution in [2.24, 2.45) is 0 Å². The van der Waals surface area contributed by atoms with Crippen molar-refractivity contribution in [3.63, 3.8) is 0 Å². The van der Waals surface area contributed by atoms with Crippen LogP contribution in [0.15, 0.2) is 42.5 Å². The summed E-state index contributed by atoms with van der Waals surface area (Å²) < 4.78 is 5.64. The standard InChI is InChI=1S/C19H20Cl2O3/c1-19(2,3)13-7-9-14(10-8-13)24-16(18(22)23)11-12-5-4-6-15(20)17(12)21/h4-10,16H,11H2,1-3H3,(H,22,23)/t16-/m1/s1. The van der Waals surface area contributed by atoms with Gasteiger partial charge in [-0.25, -0.2) is 4.79 Å². The van der Waals surface area contributed by atoms with Gasteiger partial charge >= 0.3 is 5.97 Å². The first-order valence-electron chi connectivity index (χ1n) is 7.61. The lowest BCUT2D eigenvalue weighted by atomic mass is 9.87. The smallest absolute Gasteiger partial charge is 0.345 e. The predicted molar refractivity (Wildman–Crippen MR) is 97.4 cm³/mol. The van der Waals surface area contributed by atoms with Crippen LogP contribution in [0.25, 0.3) is 0 Å². The van der Waals surface area contributed by atoms with E-state index >= 15 is 0 Å². The lowest BCUT2D eigenvalue weighted by molar-refractivity contribution is -0.145. The van der Waals surface area contributed by atoms with E-state index in [1.165, 1.54) is 0 Å². The van der Waals surface area contributed by atoms with Gasteiger partial charge in [0.1, 0.15) is 5.75 Å². The molecule has 0 saturated carbocycles. The van der Waals surface area contributed by atoms with E-state index in [1.807, 2.05) is 12.1 Å². The highest BCUT2D eigenvalue weighted by Gasteiger charge is 2.22. The van der Waals surface area contributed by atoms with Crippen LogP contribution in [-0.2, 0) is 16.6 Å². The third kappa shape index (κ3) is 4.65. The fraction of sp³-hybridized carbons (Fsp3) is 0.316. The normalized spacial score (nSPS) is 12.7. The molecular weight excluding hydrogens is 347 g/mol. The Morgan fingerprint density at radius 1 is 1.12 bits per heavy atom. The summed E-state index contributed by atoms with van der Waals surface area (Å²) in [6, 6.07) is 12.6. The summed E-state index contributed by atoms with van der Waals surface area (Å²) in [6.07, 6.45) is -0.906. The Hall–Kier alpha value is -1.71. The van der Waals surface area contributed by atoms with Crippen molar-refractivity contribution in [1.82, 2.24) is 0 Å². The van der Waals surface area contributed by atoms with Crippen LogP contribution in [0.3, 0.4) is 0 Å². The zero-order valence-electron chi connectivity index (χ0n) is 13.8. The fourth-order valence-corrected chi connectivity index (χ4v) is 2.68. The molecule has 2 rings (SSSR count). The van der Waals surface area contributed by atoms with Crippen molar-refractivity contribution in [3.8, 4) is 5.75 Å². The molecule has 3 nitrogen and oxygen atoms in total. The molecule has 0 aliphatic rings. The summed E-state index contributed by atoms with van der Waals surface area (Å²) in [5.41, 5.74) is 1.82. The van der Waals surface area contributed by atoms with Crippen molar-refractivity contribution in [1.29, 1.82) is 0 Å². The van der Waals surface area contributed by atoms with Crippen LogP contribution in [-0.4, -0.2) is 17.2 Å². The molecule has 0 heterocycles. The maximum atomic E-state index is 11.5. The summed E-state index contributed by atoms with van der Waals surface area (Å²) in [4.78, 5) is 11.5. The molecule has 0 unspecified atom stereocenters. The minimum absolute atomic E-state index is 0.0268. The molecule has 0 aliphatic carbocycles. The van der Waals surface area contributed by atoms with E-state index in [0.29, 0.717) is 21.4 Å². The first-order valence-corrected chi connectivity index (χ1v) is 8.37. The molecule has 5 heteroatoms. The molecule has 1 atom stereocenters. The largest absolute Gasteiger partial charge is 0.478 e. The van der Waals surface area contributed by atoms with Gasteiger partial charge < -0.3 is 9.84 Å². The number of carboxylic acid groups (broad SMARTS) is 1. The molecule has 0 aliphatic heterocycles. The Balaban J connectivity index is 2.17. The van der Waals surface area contributed by atoms with Gasteiger partial charge in [0, 0.05) is 6.42 Å². The van der Waals surface area contributed by atoms with E-state index in [1.54, 1.807) is 30.3 Å². The van der Waals surface area contributed by atoms with Gasteiger partial charge in [-0.05, 0) is 34.7 Å². The van der Waals surface area contributed by atoms with E-state index in [2.05, 4.69) is 20.8 Å². The van der Waals surface area contributed by atoms with Gasteiger partial charge in [0.05, 0.1) is 10.0 Å². The molecule has 0 fully saturated rings. The second-order valence-electron chi connectivity index (χ2n) is 6.64. The summed E-state index contributed by atoms with van der Waals surface area (Å²) in [7, 11) is 0. The van der Waals surface area contributed by atoms with E-state index in [0.717, 1.165) is 5.56 Å². The number of rotatable bonds is 5. The van der Waals surface area contributed by atoms with Crippen LogP contribution in [0.2, 0.25) is 10.0 Å². The third-order valence-electron chi connectivity index (χ3n) is 3.71. The molecule has 2 aromatic rings. The molecule has 0 aromatic heterocycles. The number of ether oxygens (including phenoxy) is 1. The molecule has 0 saturated heterocycles. The van der Waals surface area contributed by atoms with Crippen LogP contribution in [0.1, 0.15) is 31.9 Å². The van der Waals surface area contributed by atoms with Crippen molar-refractivity contribution in [3.05, 3.63) is 63.6 Å². The third-order valence-corrected chi connectivity index (χ3v) is 4.57. The van der Waals surface area contributed by atoms with E-state index in [9.17, 15) is 9.90 Å². The topological polar surface area (TPSA) is 46.5 Å². The number of halogens is 2. The van der Waals surface area contributed by atoms with Crippen LogP contribution in [0, 0.1) is 0 Å². The molecular formula is C19H20Cl2O3. The Morgan fingerprint density at radius 2 is 1.75 bits per heavy atom. The zero-order valence-corrected chi connectivity index (χ0v) is 15.4. The van der Waals surface area contributed by atoms with E-state index < -0.39 is 12.1 Å². The summed E-state index contributed by atoms with van der Waals surface area (Å²) >= 11 is 12.1. The maximum Gasteiger partial charge on any atom is 0.345 e. The van der Waals surface area contributed by atoms with Crippen molar-refractivity contribution >= 4 is 29.2 Å². The average Bonchev–Trinajstić information content (AvgIpc) is 2.50. The van der Waals surface area contributed by atoms with Crippen LogP contribution in [0.4, 0.5) is 0 Å². The molecule has 0 radical (unpaired) electrons. The van der Waals surface area contributed by atoms with Crippen LogP contribution >= 0.6 is 23.2 Å². The highest BCUT2D eigenvalue weighted by Crippen LogP contribution is 2.28. The number of hydrogen-bond donors (Lipinski definition) is 1. The maximum absolute atomic E-state index is 11.5. The van der Waals surface area contributed by atoms with Gasteiger partial charge in [-0.1, -0.05) is 68.2 Å². The first kappa shape index (κ1) is 18.6. The fourth-order valence-electron chi connectivity index (χ4n) is 2.28. The molecule has 1 N–H and O–H groups in total. The lowest BCUT2D eigenvalue weighted by Crippen LogP contribution is -2.29. The second kappa shape index (κ2) is 7.45. The molecule has 128 valence electrons. The molecule has 0 amide bonds. The summed E-state index contributed by atoms with van der Waals surface area (Å²) in [6.45, 7) is 6.35. The Morgan fingerprint density at radius 3 is 2.29 bits per heavy atom. The van der Waals surface area contributed by atoms with E-state index in [4.69, 9.17) is 27.9 Å². The summed E-state index contributed by atoms with van der Waals surface area (Å²) in [5.74, 6) is -0.542. The Bertz CT molecular complexity index is 718. The number of benzene rings is 2. The van der Waals surface area contributed by atoms with Crippen molar-refractivity contribution in [2.75, 3.05) is 0 Å². The Labute approximate surface area is 152 Å². The van der Waals surface area contributed by atoms with E-state index in [-0.39, 0.29) is 11.8 Å². The minimum Gasteiger partial charge on any atom is -0.478 e. The van der Waals surface area contributed by atoms with Crippen LogP contribution < -0.4 is 4.74 Å². The number of carboxylic acids is 1. The summed E-state index contributed by atoms with van der Waals surface area (Å²) in [5, 5.41) is 10.2. The number of aliphatic carboxylic acids is 1. The van der Waals surface area contributed by atoms with Gasteiger partial charge in [0.25, 0.3) is 0 Å². The lowest BCUT2D eigenvalue weighted by Gasteiger charge is -2.20. The predicted octanol–water partition coefficient (Wildman–Crippen LogP) is 5.37. The number of carbonyl (C=O) groups is 1. The highest BCUT2D eigenvalue weighted by molar-refractivity contribution is 6.42. The van der Waals surface area contributed by atoms with Crippen molar-refractivity contribution in [2.45, 2.75) is 38.7 Å². The Kier molecular flexibility index (Phi) is 5.79. The second-order valence-corrected chi connectivity index (χ2v) is 7.42. The highest BCUT2D eigenvalue weighted by atomic mass is 35.5. The molecule has 0 bridgehead atoms. The number of hydrogen-bond acceptors (Lipinski definition) is 2. The molecule has 2 aromatic carbocycles. The monoisotopic (exact) mass is 366 g/mol. The minimum atomic E-state index is -1.05. The van der Waals surface area contributed by atoms with Gasteiger partial charge in [0.2, 0.25) is 0 Å². The van der Waals surface area contributed by atoms with Gasteiger partial charge in [-0.3, -0.25) is 0 Å². The van der Waals surface area contributed by atoms with Gasteiger partial charge in [-0.15, -0.1) is 0 Å². The molecule has 0 spiro atoms. The quantitative estimate of drug-likeness (QED) is 0.773. The molecule has 24 heavy (non-hydrogen) atoms. The van der Waals surface area contributed by atoms with Crippen LogP contribution in [0.5, 0.6) is 5.75 Å². The van der Waals surface area contributed by atoms with Gasteiger partial charge in [0.15, 0.2) is 6.10 Å². The van der Waals surface area contributed by atoms with Gasteiger partial charge in [-0.2, -0.15) is 0 Å². The average molecular weight is 367 g/mol. The zero-order chi connectivity index (χ0) is 17.9. The SMILES string of the molecule is CC(C)(C)c1ccc(O[C@H](Cc2cccc(Cl)c2Cl)C(=O)O)cc1. The van der Waals surface area contributed by atoms with Crippen molar-refractivity contribution < 1.29 is 14.6 Å². The first-order chi connectivity index (χ1) is 11.2.